The average molecular weight is 338 g/mol. The van der Waals surface area contributed by atoms with E-state index >= 15 is 0 Å². The molecule has 1 aromatic rings. The summed E-state index contributed by atoms with van der Waals surface area (Å²) in [6, 6.07) is 3.78. The molecule has 2 rings (SSSR count). The smallest absolute Gasteiger partial charge is 0.284 e. The molecule has 7 heteroatoms. The molecule has 2 unspecified atom stereocenters. The largest absolute Gasteiger partial charge is 0.454 e. The highest BCUT2D eigenvalue weighted by Gasteiger charge is 2.25. The van der Waals surface area contributed by atoms with Crippen LogP contribution in [0.15, 0.2) is 21.5 Å². The molecule has 1 fully saturated rings. The molecule has 1 aromatic heterocycles. The predicted octanol–water partition coefficient (Wildman–Crippen LogP) is 2.11. The topological polar surface area (TPSA) is 92.6 Å². The summed E-state index contributed by atoms with van der Waals surface area (Å²) in [6.45, 7) is 5.43. The molecule has 0 spiro atoms. The third-order valence-electron chi connectivity index (χ3n) is 3.77. The zero-order valence-corrected chi connectivity index (χ0v) is 14.6. The molecule has 0 aliphatic heterocycles. The van der Waals surface area contributed by atoms with Gasteiger partial charge in [-0.25, -0.2) is 4.99 Å². The molecule has 6 nitrogen and oxygen atoms in total. The average Bonchev–Trinajstić information content (AvgIpc) is 3.15. The number of hydrogen-bond acceptors (Lipinski definition) is 4. The number of rotatable bonds is 7. The van der Waals surface area contributed by atoms with Crippen molar-refractivity contribution in [1.82, 2.24) is 10.6 Å². The Hall–Kier alpha value is -1.63. The standard InChI is InChI=1S/C16H26N4O2S/c1-3-18-16(20-11-5-7-13(9-11)23-4-2)19-10-12-6-8-14(22-12)15(17)21/h6,8,11,13H,3-5,7,9-10H2,1-2H3,(H2,17,21)(H2,18,19,20). The number of furan rings is 1. The van der Waals surface area contributed by atoms with E-state index in [0.717, 1.165) is 17.8 Å². The van der Waals surface area contributed by atoms with Crippen molar-refractivity contribution in [3.8, 4) is 0 Å². The van der Waals surface area contributed by atoms with E-state index in [2.05, 4.69) is 22.5 Å². The number of amides is 1. The van der Waals surface area contributed by atoms with Gasteiger partial charge >= 0.3 is 0 Å². The lowest BCUT2D eigenvalue weighted by Crippen LogP contribution is -2.42. The van der Waals surface area contributed by atoms with Crippen LogP contribution >= 0.6 is 11.8 Å². The summed E-state index contributed by atoms with van der Waals surface area (Å²) in [4.78, 5) is 15.6. The monoisotopic (exact) mass is 338 g/mol. The van der Waals surface area contributed by atoms with Gasteiger partial charge in [-0.05, 0) is 44.1 Å². The number of aliphatic imine (C=N–C) groups is 1. The lowest BCUT2D eigenvalue weighted by Gasteiger charge is -2.17. The van der Waals surface area contributed by atoms with Crippen LogP contribution in [-0.4, -0.2) is 35.5 Å². The first-order valence-electron chi connectivity index (χ1n) is 8.17. The van der Waals surface area contributed by atoms with Gasteiger partial charge in [0.15, 0.2) is 11.7 Å². The first-order valence-corrected chi connectivity index (χ1v) is 9.22. The molecule has 0 aromatic carbocycles. The Balaban J connectivity index is 1.90. The molecular formula is C16H26N4O2S. The van der Waals surface area contributed by atoms with Gasteiger partial charge in [-0.15, -0.1) is 0 Å². The van der Waals surface area contributed by atoms with Gasteiger partial charge < -0.3 is 20.8 Å². The maximum absolute atomic E-state index is 11.0. The zero-order valence-electron chi connectivity index (χ0n) is 13.8. The van der Waals surface area contributed by atoms with E-state index in [4.69, 9.17) is 10.2 Å². The highest BCUT2D eigenvalue weighted by Crippen LogP contribution is 2.29. The normalized spacial score (nSPS) is 21.4. The van der Waals surface area contributed by atoms with Crippen molar-refractivity contribution in [1.29, 1.82) is 0 Å². The van der Waals surface area contributed by atoms with Crippen LogP contribution in [0.3, 0.4) is 0 Å². The SMILES string of the molecule is CCNC(=NCc1ccc(C(N)=O)o1)NC1CCC(SCC)C1. The lowest BCUT2D eigenvalue weighted by molar-refractivity contribution is 0.0972. The molecule has 1 amide bonds. The fraction of sp³-hybridized carbons (Fsp3) is 0.625. The van der Waals surface area contributed by atoms with Crippen LogP contribution in [0.1, 0.15) is 49.4 Å². The Labute approximate surface area is 141 Å². The summed E-state index contributed by atoms with van der Waals surface area (Å²) >= 11 is 2.04. The summed E-state index contributed by atoms with van der Waals surface area (Å²) < 4.78 is 5.35. The molecule has 0 bridgehead atoms. The first-order chi connectivity index (χ1) is 11.1. The molecule has 4 N–H and O–H groups in total. The fourth-order valence-electron chi connectivity index (χ4n) is 2.72. The van der Waals surface area contributed by atoms with Crippen molar-refractivity contribution < 1.29 is 9.21 Å². The van der Waals surface area contributed by atoms with E-state index in [1.165, 1.54) is 25.0 Å². The zero-order chi connectivity index (χ0) is 16.7. The van der Waals surface area contributed by atoms with E-state index in [1.807, 2.05) is 18.7 Å². The minimum atomic E-state index is -0.560. The Kier molecular flexibility index (Phi) is 6.83. The predicted molar refractivity (Wildman–Crippen MR) is 94.7 cm³/mol. The minimum absolute atomic E-state index is 0.170. The molecule has 0 saturated heterocycles. The summed E-state index contributed by atoms with van der Waals surface area (Å²) in [7, 11) is 0. The van der Waals surface area contributed by atoms with Crippen molar-refractivity contribution in [2.45, 2.75) is 50.9 Å². The molecule has 1 heterocycles. The molecular weight excluding hydrogens is 312 g/mol. The van der Waals surface area contributed by atoms with Crippen molar-refractivity contribution in [2.24, 2.45) is 10.7 Å². The number of nitrogens with two attached hydrogens (primary N) is 1. The van der Waals surface area contributed by atoms with Gasteiger partial charge in [-0.1, -0.05) is 6.92 Å². The fourth-order valence-corrected chi connectivity index (χ4v) is 3.87. The van der Waals surface area contributed by atoms with Crippen molar-refractivity contribution in [3.05, 3.63) is 23.7 Å². The second-order valence-corrected chi connectivity index (χ2v) is 7.13. The Bertz CT molecular complexity index is 544. The van der Waals surface area contributed by atoms with Gasteiger partial charge in [0.2, 0.25) is 0 Å². The third kappa shape index (κ3) is 5.49. The van der Waals surface area contributed by atoms with Crippen LogP contribution in [0, 0.1) is 0 Å². The van der Waals surface area contributed by atoms with Crippen molar-refractivity contribution in [3.63, 3.8) is 0 Å². The number of carbonyl (C=O) groups excluding carboxylic acids is 1. The molecule has 1 aliphatic carbocycles. The molecule has 1 saturated carbocycles. The number of guanidine groups is 1. The van der Waals surface area contributed by atoms with E-state index in [1.54, 1.807) is 12.1 Å². The van der Waals surface area contributed by atoms with Crippen LogP contribution in [0.2, 0.25) is 0 Å². The number of nitrogens with one attached hydrogen (secondary N) is 2. The van der Waals surface area contributed by atoms with Crippen LogP contribution in [0.4, 0.5) is 0 Å². The van der Waals surface area contributed by atoms with Crippen molar-refractivity contribution in [2.75, 3.05) is 12.3 Å². The van der Waals surface area contributed by atoms with Gasteiger partial charge in [-0.2, -0.15) is 11.8 Å². The highest BCUT2D eigenvalue weighted by atomic mass is 32.2. The molecule has 2 atom stereocenters. The number of nitrogens with zero attached hydrogens (tertiary/aromatic N) is 1. The Morgan fingerprint density at radius 2 is 2.26 bits per heavy atom. The lowest BCUT2D eigenvalue weighted by atomic mass is 10.2. The van der Waals surface area contributed by atoms with E-state index in [9.17, 15) is 4.79 Å². The van der Waals surface area contributed by atoms with Gasteiger partial charge in [-0.3, -0.25) is 4.79 Å². The van der Waals surface area contributed by atoms with Crippen LogP contribution < -0.4 is 16.4 Å². The third-order valence-corrected chi connectivity index (χ3v) is 5.00. The molecule has 0 radical (unpaired) electrons. The van der Waals surface area contributed by atoms with Gasteiger partial charge in [0.25, 0.3) is 5.91 Å². The van der Waals surface area contributed by atoms with Gasteiger partial charge in [0, 0.05) is 17.8 Å². The van der Waals surface area contributed by atoms with Gasteiger partial charge in [0.05, 0.1) is 0 Å². The number of hydrogen-bond donors (Lipinski definition) is 3. The number of carbonyl (C=O) groups is 1. The van der Waals surface area contributed by atoms with E-state index in [0.29, 0.717) is 18.3 Å². The van der Waals surface area contributed by atoms with Crippen molar-refractivity contribution >= 4 is 23.6 Å². The maximum Gasteiger partial charge on any atom is 0.284 e. The Morgan fingerprint density at radius 1 is 1.43 bits per heavy atom. The van der Waals surface area contributed by atoms with E-state index < -0.39 is 5.91 Å². The Morgan fingerprint density at radius 3 is 2.91 bits per heavy atom. The number of thioether (sulfide) groups is 1. The minimum Gasteiger partial charge on any atom is -0.454 e. The number of primary amides is 1. The first kappa shape index (κ1) is 17.7. The van der Waals surface area contributed by atoms with Crippen LogP contribution in [0.5, 0.6) is 0 Å². The summed E-state index contributed by atoms with van der Waals surface area (Å²) in [5, 5.41) is 7.51. The second kappa shape index (κ2) is 8.86. The van der Waals surface area contributed by atoms with E-state index in [-0.39, 0.29) is 5.76 Å². The maximum atomic E-state index is 11.0. The van der Waals surface area contributed by atoms with Gasteiger partial charge in [0.1, 0.15) is 12.3 Å². The molecule has 1 aliphatic rings. The van der Waals surface area contributed by atoms with Crippen LogP contribution in [0.25, 0.3) is 0 Å². The molecule has 128 valence electrons. The highest BCUT2D eigenvalue weighted by molar-refractivity contribution is 7.99. The summed E-state index contributed by atoms with van der Waals surface area (Å²) in [5.74, 6) is 2.20. The summed E-state index contributed by atoms with van der Waals surface area (Å²) in [6.07, 6.45) is 3.61. The second-order valence-electron chi connectivity index (χ2n) is 5.56. The molecule has 23 heavy (non-hydrogen) atoms. The van der Waals surface area contributed by atoms with Crippen LogP contribution in [-0.2, 0) is 6.54 Å². The quantitative estimate of drug-likeness (QED) is 0.523. The summed E-state index contributed by atoms with van der Waals surface area (Å²) in [5.41, 5.74) is 5.18.